The second kappa shape index (κ2) is 11.3. The van der Waals surface area contributed by atoms with Crippen LogP contribution in [-0.4, -0.2) is 75.1 Å². The number of aliphatic carboxylic acids is 1. The van der Waals surface area contributed by atoms with Crippen molar-refractivity contribution in [2.24, 2.45) is 7.05 Å². The van der Waals surface area contributed by atoms with Crippen LogP contribution >= 0.6 is 0 Å². The topological polar surface area (TPSA) is 140 Å². The van der Waals surface area contributed by atoms with E-state index in [-0.39, 0.29) is 6.42 Å². The van der Waals surface area contributed by atoms with Gasteiger partial charge in [-0.25, -0.2) is 19.7 Å². The average molecular weight is 533 g/mol. The van der Waals surface area contributed by atoms with Gasteiger partial charge in [-0.1, -0.05) is 6.07 Å². The molecule has 4 aromatic rings. The van der Waals surface area contributed by atoms with Gasteiger partial charge >= 0.3 is 5.97 Å². The van der Waals surface area contributed by atoms with E-state index in [9.17, 15) is 9.90 Å². The third kappa shape index (κ3) is 5.59. The summed E-state index contributed by atoms with van der Waals surface area (Å²) >= 11 is 0. The third-order valence-corrected chi connectivity index (χ3v) is 6.37. The fourth-order valence-corrected chi connectivity index (χ4v) is 4.32. The monoisotopic (exact) mass is 532 g/mol. The first-order valence-electron chi connectivity index (χ1n) is 12.2. The third-order valence-electron chi connectivity index (χ3n) is 6.37. The van der Waals surface area contributed by atoms with Crippen LogP contribution in [0.1, 0.15) is 17.2 Å². The van der Waals surface area contributed by atoms with E-state index in [4.69, 9.17) is 9.47 Å². The predicted octanol–water partition coefficient (Wildman–Crippen LogP) is 3.14. The number of carboxylic acid groups (broad SMARTS) is 1. The number of carboxylic acids is 1. The summed E-state index contributed by atoms with van der Waals surface area (Å²) in [6, 6.07) is 4.42. The molecule has 0 aliphatic carbocycles. The number of hydrogen-bond donors (Lipinski definition) is 2. The predicted molar refractivity (Wildman–Crippen MR) is 147 cm³/mol. The standard InChI is InChI=1S/C27H32N8O4/c1-15-23(16(2)35(5)33-15)18-14-30-27(34(3)4)32-25(18)31-19(26(36)37)11-22-28-12-17(13-29-22)24-20(38-6)9-8-10-21(24)39-7/h8-10,12-14,19H,11H2,1-7H3,(H,36,37)(H,30,31,32). The Kier molecular flexibility index (Phi) is 7.93. The van der Waals surface area contributed by atoms with Gasteiger partial charge in [0.05, 0.1) is 25.5 Å². The number of ether oxygens (including phenoxy) is 2. The molecule has 3 heterocycles. The summed E-state index contributed by atoms with van der Waals surface area (Å²) in [7, 11) is 8.65. The number of nitrogens with one attached hydrogen (secondary N) is 1. The van der Waals surface area contributed by atoms with Crippen molar-refractivity contribution in [3.8, 4) is 33.8 Å². The van der Waals surface area contributed by atoms with Gasteiger partial charge in [-0.3, -0.25) is 4.68 Å². The lowest BCUT2D eigenvalue weighted by molar-refractivity contribution is -0.137. The Morgan fingerprint density at radius 1 is 1.05 bits per heavy atom. The van der Waals surface area contributed by atoms with Gasteiger partial charge in [-0.2, -0.15) is 10.1 Å². The molecule has 12 heteroatoms. The first-order chi connectivity index (χ1) is 18.6. The van der Waals surface area contributed by atoms with Crippen LogP contribution in [0.3, 0.4) is 0 Å². The number of nitrogens with zero attached hydrogens (tertiary/aromatic N) is 7. The van der Waals surface area contributed by atoms with E-state index < -0.39 is 12.0 Å². The Bertz CT molecular complexity index is 1460. The zero-order valence-electron chi connectivity index (χ0n) is 23.1. The zero-order chi connectivity index (χ0) is 28.3. The molecule has 1 atom stereocenters. The molecule has 4 rings (SSSR count). The first kappa shape index (κ1) is 27.3. The molecule has 12 nitrogen and oxygen atoms in total. The number of hydrogen-bond acceptors (Lipinski definition) is 10. The quantitative estimate of drug-likeness (QED) is 0.311. The molecule has 0 radical (unpaired) electrons. The molecule has 0 bridgehead atoms. The SMILES string of the molecule is COc1cccc(OC)c1-c1cnc(CC(Nc2nc(N(C)C)ncc2-c2c(C)nn(C)c2C)C(=O)O)nc1. The second-order valence-corrected chi connectivity index (χ2v) is 9.16. The molecule has 0 saturated carbocycles. The number of aryl methyl sites for hydroxylation is 2. The van der Waals surface area contributed by atoms with Gasteiger partial charge < -0.3 is 24.8 Å². The Morgan fingerprint density at radius 2 is 1.69 bits per heavy atom. The minimum absolute atomic E-state index is 0.0183. The highest BCUT2D eigenvalue weighted by Crippen LogP contribution is 2.37. The number of aromatic nitrogens is 6. The minimum atomic E-state index is -1.07. The maximum absolute atomic E-state index is 12.3. The number of benzene rings is 1. The molecular formula is C27H32N8O4. The van der Waals surface area contributed by atoms with Crippen molar-refractivity contribution < 1.29 is 19.4 Å². The van der Waals surface area contributed by atoms with Crippen LogP contribution in [-0.2, 0) is 18.3 Å². The summed E-state index contributed by atoms with van der Waals surface area (Å²) in [6.45, 7) is 3.84. The van der Waals surface area contributed by atoms with Crippen molar-refractivity contribution in [1.82, 2.24) is 29.7 Å². The lowest BCUT2D eigenvalue weighted by Gasteiger charge is -2.19. The van der Waals surface area contributed by atoms with Crippen molar-refractivity contribution in [2.75, 3.05) is 38.5 Å². The highest BCUT2D eigenvalue weighted by Gasteiger charge is 2.25. The number of carbonyl (C=O) groups is 1. The smallest absolute Gasteiger partial charge is 0.326 e. The summed E-state index contributed by atoms with van der Waals surface area (Å²) < 4.78 is 12.7. The summed E-state index contributed by atoms with van der Waals surface area (Å²) in [5, 5.41) is 17.7. The largest absolute Gasteiger partial charge is 0.496 e. The van der Waals surface area contributed by atoms with Crippen LogP contribution < -0.4 is 19.7 Å². The van der Waals surface area contributed by atoms with E-state index in [1.807, 2.05) is 53.2 Å². The van der Waals surface area contributed by atoms with Gasteiger partial charge in [0.1, 0.15) is 29.2 Å². The van der Waals surface area contributed by atoms with Gasteiger partial charge in [0.15, 0.2) is 0 Å². The Morgan fingerprint density at radius 3 is 2.21 bits per heavy atom. The van der Waals surface area contributed by atoms with E-state index in [0.29, 0.717) is 45.8 Å². The number of rotatable bonds is 10. The molecular weight excluding hydrogens is 500 g/mol. The van der Waals surface area contributed by atoms with Crippen LogP contribution in [0.25, 0.3) is 22.3 Å². The van der Waals surface area contributed by atoms with Crippen LogP contribution in [0.15, 0.2) is 36.8 Å². The van der Waals surface area contributed by atoms with Gasteiger partial charge in [-0.15, -0.1) is 0 Å². The van der Waals surface area contributed by atoms with Gasteiger partial charge in [-0.05, 0) is 26.0 Å². The molecule has 204 valence electrons. The van der Waals surface area contributed by atoms with Crippen LogP contribution in [0, 0.1) is 13.8 Å². The number of anilines is 2. The van der Waals surface area contributed by atoms with Crippen LogP contribution in [0.5, 0.6) is 11.5 Å². The molecule has 0 spiro atoms. The molecule has 1 aromatic carbocycles. The maximum atomic E-state index is 12.3. The second-order valence-electron chi connectivity index (χ2n) is 9.16. The number of methoxy groups -OCH3 is 2. The molecule has 0 fully saturated rings. The van der Waals surface area contributed by atoms with Crippen molar-refractivity contribution in [3.05, 3.63) is 54.0 Å². The summed E-state index contributed by atoms with van der Waals surface area (Å²) in [5.74, 6) is 1.34. The Balaban J connectivity index is 1.67. The van der Waals surface area contributed by atoms with E-state index in [2.05, 4.69) is 30.4 Å². The van der Waals surface area contributed by atoms with E-state index >= 15 is 0 Å². The highest BCUT2D eigenvalue weighted by molar-refractivity contribution is 5.83. The maximum Gasteiger partial charge on any atom is 0.326 e. The molecule has 0 aliphatic rings. The van der Waals surface area contributed by atoms with E-state index in [0.717, 1.165) is 17.0 Å². The van der Waals surface area contributed by atoms with Crippen molar-refractivity contribution in [3.63, 3.8) is 0 Å². The summed E-state index contributed by atoms with van der Waals surface area (Å²) in [4.78, 5) is 32.1. The molecule has 39 heavy (non-hydrogen) atoms. The Labute approximate surface area is 226 Å². The summed E-state index contributed by atoms with van der Waals surface area (Å²) in [5.41, 5.74) is 4.61. The molecule has 3 aromatic heterocycles. The molecule has 0 saturated heterocycles. The van der Waals surface area contributed by atoms with E-state index in [1.165, 1.54) is 0 Å². The minimum Gasteiger partial charge on any atom is -0.496 e. The fraction of sp³-hybridized carbons (Fsp3) is 0.333. The van der Waals surface area contributed by atoms with Gasteiger partial charge in [0.25, 0.3) is 0 Å². The molecule has 0 aliphatic heterocycles. The van der Waals surface area contributed by atoms with Gasteiger partial charge in [0, 0.05) is 68.5 Å². The Hall–Kier alpha value is -4.74. The molecule has 0 amide bonds. The van der Waals surface area contributed by atoms with Crippen molar-refractivity contribution in [2.45, 2.75) is 26.3 Å². The fourth-order valence-electron chi connectivity index (χ4n) is 4.32. The van der Waals surface area contributed by atoms with Crippen molar-refractivity contribution in [1.29, 1.82) is 0 Å². The lowest BCUT2D eigenvalue weighted by Crippen LogP contribution is -2.33. The van der Waals surface area contributed by atoms with E-state index in [1.54, 1.807) is 42.4 Å². The summed E-state index contributed by atoms with van der Waals surface area (Å²) in [6.07, 6.45) is 4.96. The molecule has 1 unspecified atom stereocenters. The van der Waals surface area contributed by atoms with Crippen LogP contribution in [0.2, 0.25) is 0 Å². The van der Waals surface area contributed by atoms with Gasteiger partial charge in [0.2, 0.25) is 5.95 Å². The van der Waals surface area contributed by atoms with Crippen LogP contribution in [0.4, 0.5) is 11.8 Å². The first-order valence-corrected chi connectivity index (χ1v) is 12.2. The average Bonchev–Trinajstić information content (AvgIpc) is 3.18. The molecule has 2 N–H and O–H groups in total. The zero-order valence-corrected chi connectivity index (χ0v) is 23.1. The highest BCUT2D eigenvalue weighted by atomic mass is 16.5. The van der Waals surface area contributed by atoms with Crippen molar-refractivity contribution >= 4 is 17.7 Å². The normalized spacial score (nSPS) is 11.7. The lowest BCUT2D eigenvalue weighted by atomic mass is 10.1.